The maximum Gasteiger partial charge on any atom is 0.220 e. The molecule has 0 bridgehead atoms. The number of carbonyl (C=O) groups is 1. The maximum absolute atomic E-state index is 11.6. The van der Waals surface area contributed by atoms with Crippen molar-refractivity contribution in [3.63, 3.8) is 0 Å². The number of rotatable bonds is 3. The van der Waals surface area contributed by atoms with Crippen LogP contribution in [0, 0.1) is 17.3 Å². The number of ether oxygens (including phenoxy) is 1. The molecule has 0 aromatic heterocycles. The highest BCUT2D eigenvalue weighted by Crippen LogP contribution is 2.60. The van der Waals surface area contributed by atoms with Crippen LogP contribution in [-0.2, 0) is 9.53 Å². The molecule has 2 aliphatic heterocycles. The molecule has 2 saturated heterocycles. The Bertz CT molecular complexity index is 556. The lowest BCUT2D eigenvalue weighted by atomic mass is 9.54. The third-order valence-corrected chi connectivity index (χ3v) is 7.45. The molecule has 4 rings (SSSR count). The molecule has 0 aromatic rings. The average Bonchev–Trinajstić information content (AvgIpc) is 3.32. The van der Waals surface area contributed by atoms with Crippen LogP contribution in [-0.4, -0.2) is 62.7 Å². The molecule has 3 unspecified atom stereocenters. The van der Waals surface area contributed by atoms with Crippen molar-refractivity contribution in [2.75, 3.05) is 33.8 Å². The van der Waals surface area contributed by atoms with Gasteiger partial charge in [-0.1, -0.05) is 12.8 Å². The van der Waals surface area contributed by atoms with Gasteiger partial charge >= 0.3 is 0 Å². The molecule has 2 N–H and O–H groups in total. The number of halogens is 1. The van der Waals surface area contributed by atoms with Gasteiger partial charge < -0.3 is 20.3 Å². The van der Waals surface area contributed by atoms with E-state index in [9.17, 15) is 4.79 Å². The molecule has 6 nitrogen and oxygen atoms in total. The molecule has 0 aromatic carbocycles. The highest BCUT2D eigenvalue weighted by Gasteiger charge is 2.65. The lowest BCUT2D eigenvalue weighted by molar-refractivity contribution is -0.125. The van der Waals surface area contributed by atoms with Crippen molar-refractivity contribution in [2.45, 2.75) is 63.5 Å². The van der Waals surface area contributed by atoms with Crippen molar-refractivity contribution >= 4 is 35.8 Å². The molecule has 27 heavy (non-hydrogen) atoms. The van der Waals surface area contributed by atoms with Crippen molar-refractivity contribution in [1.29, 1.82) is 0 Å². The number of piperidine rings is 1. The van der Waals surface area contributed by atoms with Gasteiger partial charge in [-0.3, -0.25) is 9.79 Å². The minimum atomic E-state index is 0. The standard InChI is InChI=1S/C20H34N4O2.HI/c1-21-16(25)13-14-5-10-24(11-6-14)19(22-2)23-17-15-7-12-26-18(15)20(17)8-3-4-9-20;/h14-15,17-18H,3-13H2,1-2H3,(H,21,25)(H,22,23);1H. The summed E-state index contributed by atoms with van der Waals surface area (Å²) in [6, 6.07) is 0.528. The van der Waals surface area contributed by atoms with Crippen LogP contribution in [0.25, 0.3) is 0 Å². The first-order valence-corrected chi connectivity index (χ1v) is 10.5. The van der Waals surface area contributed by atoms with E-state index in [1.54, 1.807) is 7.05 Å². The highest BCUT2D eigenvalue weighted by molar-refractivity contribution is 14.0. The molecular formula is C20H35IN4O2. The number of guanidine groups is 1. The van der Waals surface area contributed by atoms with Gasteiger partial charge in [0.15, 0.2) is 5.96 Å². The number of hydrogen-bond acceptors (Lipinski definition) is 3. The first-order chi connectivity index (χ1) is 12.7. The summed E-state index contributed by atoms with van der Waals surface area (Å²) in [7, 11) is 3.63. The molecule has 2 saturated carbocycles. The summed E-state index contributed by atoms with van der Waals surface area (Å²) in [6.07, 6.45) is 9.76. The third-order valence-electron chi connectivity index (χ3n) is 7.45. The van der Waals surface area contributed by atoms with Gasteiger partial charge in [-0.25, -0.2) is 0 Å². The Labute approximate surface area is 180 Å². The van der Waals surface area contributed by atoms with Gasteiger partial charge in [0.2, 0.25) is 5.91 Å². The predicted octanol–water partition coefficient (Wildman–Crippen LogP) is 2.38. The van der Waals surface area contributed by atoms with Crippen LogP contribution >= 0.6 is 24.0 Å². The molecule has 0 radical (unpaired) electrons. The van der Waals surface area contributed by atoms with Crippen molar-refractivity contribution in [2.24, 2.45) is 22.2 Å². The van der Waals surface area contributed by atoms with Gasteiger partial charge in [0.05, 0.1) is 6.10 Å². The predicted molar refractivity (Wildman–Crippen MR) is 117 cm³/mol. The van der Waals surface area contributed by atoms with Crippen LogP contribution in [0.5, 0.6) is 0 Å². The monoisotopic (exact) mass is 490 g/mol. The topological polar surface area (TPSA) is 66.0 Å². The summed E-state index contributed by atoms with van der Waals surface area (Å²) in [5, 5.41) is 6.61. The lowest BCUT2D eigenvalue weighted by Gasteiger charge is -2.57. The van der Waals surface area contributed by atoms with E-state index in [4.69, 9.17) is 4.74 Å². The Kier molecular flexibility index (Phi) is 6.93. The van der Waals surface area contributed by atoms with Crippen LogP contribution < -0.4 is 10.6 Å². The number of carbonyl (C=O) groups excluding carboxylic acids is 1. The summed E-state index contributed by atoms with van der Waals surface area (Å²) >= 11 is 0. The molecular weight excluding hydrogens is 455 g/mol. The van der Waals surface area contributed by atoms with Crippen molar-refractivity contribution in [1.82, 2.24) is 15.5 Å². The lowest BCUT2D eigenvalue weighted by Crippen LogP contribution is -2.69. The normalized spacial score (nSPS) is 32.6. The number of amides is 1. The first-order valence-electron chi connectivity index (χ1n) is 10.5. The van der Waals surface area contributed by atoms with E-state index >= 15 is 0 Å². The molecule has 1 spiro atoms. The van der Waals surface area contributed by atoms with Gasteiger partial charge in [-0.15, -0.1) is 24.0 Å². The van der Waals surface area contributed by atoms with E-state index in [1.165, 1.54) is 32.1 Å². The van der Waals surface area contributed by atoms with Crippen molar-refractivity contribution in [3.05, 3.63) is 0 Å². The fourth-order valence-corrected chi connectivity index (χ4v) is 6.05. The largest absolute Gasteiger partial charge is 0.377 e. The zero-order chi connectivity index (χ0) is 18.1. The molecule has 4 fully saturated rings. The van der Waals surface area contributed by atoms with Gasteiger partial charge in [0.25, 0.3) is 0 Å². The van der Waals surface area contributed by atoms with E-state index in [2.05, 4.69) is 20.5 Å². The first kappa shape index (κ1) is 21.1. The molecule has 2 heterocycles. The molecule has 3 atom stereocenters. The number of nitrogens with one attached hydrogen (secondary N) is 2. The fraction of sp³-hybridized carbons (Fsp3) is 0.900. The van der Waals surface area contributed by atoms with Crippen LogP contribution in [0.15, 0.2) is 4.99 Å². The Morgan fingerprint density at radius 2 is 1.93 bits per heavy atom. The van der Waals surface area contributed by atoms with Gasteiger partial charge in [-0.2, -0.15) is 0 Å². The SMILES string of the molecule is CN=C(NC1C2CCOC2C12CCCC2)N1CCC(CC(=O)NC)CC1.I. The van der Waals surface area contributed by atoms with Crippen LogP contribution in [0.2, 0.25) is 0 Å². The van der Waals surface area contributed by atoms with Gasteiger partial charge in [-0.05, 0) is 38.0 Å². The minimum Gasteiger partial charge on any atom is -0.377 e. The second-order valence-corrected chi connectivity index (χ2v) is 8.66. The van der Waals surface area contributed by atoms with Gasteiger partial charge in [0, 0.05) is 57.6 Å². The fourth-order valence-electron chi connectivity index (χ4n) is 6.05. The van der Waals surface area contributed by atoms with E-state index < -0.39 is 0 Å². The second kappa shape index (κ2) is 8.84. The molecule has 154 valence electrons. The van der Waals surface area contributed by atoms with Crippen LogP contribution in [0.1, 0.15) is 51.4 Å². The smallest absolute Gasteiger partial charge is 0.220 e. The van der Waals surface area contributed by atoms with Crippen LogP contribution in [0.4, 0.5) is 0 Å². The summed E-state index contributed by atoms with van der Waals surface area (Å²) in [6.45, 7) is 2.91. The average molecular weight is 490 g/mol. The number of aliphatic imine (C=N–C) groups is 1. The third kappa shape index (κ3) is 3.82. The Morgan fingerprint density at radius 3 is 2.56 bits per heavy atom. The minimum absolute atomic E-state index is 0. The van der Waals surface area contributed by atoms with Crippen molar-refractivity contribution in [3.8, 4) is 0 Å². The Hall–Kier alpha value is -0.570. The maximum atomic E-state index is 11.6. The van der Waals surface area contributed by atoms with E-state index in [1.807, 2.05) is 7.05 Å². The second-order valence-electron chi connectivity index (χ2n) is 8.66. The number of hydrogen-bond donors (Lipinski definition) is 2. The van der Waals surface area contributed by atoms with E-state index in [0.717, 1.165) is 38.5 Å². The quantitative estimate of drug-likeness (QED) is 0.362. The summed E-state index contributed by atoms with van der Waals surface area (Å²) in [5.74, 6) is 2.39. The zero-order valence-electron chi connectivity index (χ0n) is 16.7. The van der Waals surface area contributed by atoms with Crippen molar-refractivity contribution < 1.29 is 9.53 Å². The molecule has 1 amide bonds. The zero-order valence-corrected chi connectivity index (χ0v) is 19.0. The summed E-state index contributed by atoms with van der Waals surface area (Å²) in [4.78, 5) is 18.6. The van der Waals surface area contributed by atoms with E-state index in [0.29, 0.717) is 35.8 Å². The summed E-state index contributed by atoms with van der Waals surface area (Å²) in [5.41, 5.74) is 0.356. The Balaban J connectivity index is 0.00000210. The summed E-state index contributed by atoms with van der Waals surface area (Å²) < 4.78 is 6.11. The molecule has 7 heteroatoms. The molecule has 4 aliphatic rings. The van der Waals surface area contributed by atoms with E-state index in [-0.39, 0.29) is 29.9 Å². The number of fused-ring (bicyclic) bond motifs is 2. The van der Waals surface area contributed by atoms with Gasteiger partial charge in [0.1, 0.15) is 0 Å². The number of nitrogens with zero attached hydrogens (tertiary/aromatic N) is 2. The molecule has 2 aliphatic carbocycles. The van der Waals surface area contributed by atoms with Crippen LogP contribution in [0.3, 0.4) is 0 Å². The Morgan fingerprint density at radius 1 is 1.22 bits per heavy atom. The number of likely N-dealkylation sites (tertiary alicyclic amines) is 1. The highest BCUT2D eigenvalue weighted by atomic mass is 127.